The summed E-state index contributed by atoms with van der Waals surface area (Å²) in [5, 5.41) is 5.25. The van der Waals surface area contributed by atoms with E-state index in [0.29, 0.717) is 65.1 Å². The van der Waals surface area contributed by atoms with Crippen LogP contribution in [0, 0.1) is 10.8 Å². The average molecular weight is 787 g/mol. The van der Waals surface area contributed by atoms with Gasteiger partial charge in [-0.2, -0.15) is 0 Å². The lowest BCUT2D eigenvalue weighted by Gasteiger charge is -2.40. The Kier molecular flexibility index (Phi) is 14.6. The number of carbonyl (C=O) groups excluding carboxylic acids is 3. The number of rotatable bonds is 12. The van der Waals surface area contributed by atoms with Gasteiger partial charge in [-0.15, -0.1) is 0 Å². The van der Waals surface area contributed by atoms with Crippen LogP contribution >= 0.6 is 0 Å². The molecule has 14 heteroatoms. The first kappa shape index (κ1) is 43.0. The smallest absolute Gasteiger partial charge is 0.410 e. The van der Waals surface area contributed by atoms with E-state index in [1.807, 2.05) is 45.9 Å². The van der Waals surface area contributed by atoms with Crippen molar-refractivity contribution in [2.75, 3.05) is 39.4 Å². The Labute approximate surface area is 333 Å². The van der Waals surface area contributed by atoms with Crippen molar-refractivity contribution in [2.45, 2.75) is 105 Å². The number of fused-ring (bicyclic) bond motifs is 2. The molecule has 6 heterocycles. The Morgan fingerprint density at radius 1 is 0.702 bits per heavy atom. The van der Waals surface area contributed by atoms with Crippen molar-refractivity contribution < 1.29 is 28.6 Å². The number of nitrogens with one attached hydrogen (secondary N) is 1. The molecule has 57 heavy (non-hydrogen) atoms. The number of likely N-dealkylation sites (tertiary alicyclic amines) is 1. The molecule has 2 aliphatic rings. The molecule has 0 bridgehead atoms. The second kappa shape index (κ2) is 19.4. The summed E-state index contributed by atoms with van der Waals surface area (Å²) >= 11 is 0. The van der Waals surface area contributed by atoms with E-state index in [0.717, 1.165) is 60.6 Å². The number of esters is 2. The van der Waals surface area contributed by atoms with E-state index in [1.165, 1.54) is 0 Å². The van der Waals surface area contributed by atoms with Crippen LogP contribution < -0.4 is 16.4 Å². The Balaban J connectivity index is 0.000000224. The van der Waals surface area contributed by atoms with Crippen molar-refractivity contribution in [3.8, 4) is 0 Å². The summed E-state index contributed by atoms with van der Waals surface area (Å²) in [6, 6.07) is 10.5. The van der Waals surface area contributed by atoms with Gasteiger partial charge in [0.2, 0.25) is 0 Å². The van der Waals surface area contributed by atoms with Gasteiger partial charge in [0.25, 0.3) is 11.1 Å². The number of ether oxygens (including phenoxy) is 3. The van der Waals surface area contributed by atoms with Crippen LogP contribution in [0.1, 0.15) is 86.0 Å². The van der Waals surface area contributed by atoms with Crippen LogP contribution in [-0.2, 0) is 36.9 Å². The van der Waals surface area contributed by atoms with E-state index in [4.69, 9.17) is 14.2 Å². The summed E-state index contributed by atoms with van der Waals surface area (Å²) in [6.45, 7) is 13.5. The van der Waals surface area contributed by atoms with Crippen molar-refractivity contribution in [2.24, 2.45) is 10.8 Å². The number of pyridine rings is 4. The molecule has 308 valence electrons. The van der Waals surface area contributed by atoms with Gasteiger partial charge in [-0.25, -0.2) is 4.79 Å². The van der Waals surface area contributed by atoms with Gasteiger partial charge in [0.1, 0.15) is 5.60 Å². The molecule has 6 rings (SSSR count). The number of aromatic nitrogens is 4. The molecule has 0 saturated carbocycles. The number of nitrogens with zero attached hydrogens (tertiary/aromatic N) is 5. The van der Waals surface area contributed by atoms with Gasteiger partial charge in [-0.05, 0) is 123 Å². The van der Waals surface area contributed by atoms with Crippen molar-refractivity contribution in [3.05, 3.63) is 81.9 Å². The lowest BCUT2D eigenvalue weighted by atomic mass is 9.74. The highest BCUT2D eigenvalue weighted by molar-refractivity contribution is 5.79. The first-order valence-electron chi connectivity index (χ1n) is 20.2. The highest BCUT2D eigenvalue weighted by Crippen LogP contribution is 2.39. The predicted molar refractivity (Wildman–Crippen MR) is 218 cm³/mol. The fourth-order valence-corrected chi connectivity index (χ4v) is 7.91. The first-order valence-corrected chi connectivity index (χ1v) is 20.2. The van der Waals surface area contributed by atoms with Crippen LogP contribution in [0.25, 0.3) is 21.8 Å². The molecule has 2 saturated heterocycles. The van der Waals surface area contributed by atoms with E-state index in [2.05, 4.69) is 15.3 Å². The molecular weight excluding hydrogens is 729 g/mol. The molecule has 0 unspecified atom stereocenters. The largest absolute Gasteiger partial charge is 0.466 e. The molecular formula is C43H58N6O8. The molecule has 2 fully saturated rings. The monoisotopic (exact) mass is 786 g/mol. The van der Waals surface area contributed by atoms with E-state index in [-0.39, 0.29) is 29.2 Å². The van der Waals surface area contributed by atoms with E-state index < -0.39 is 16.4 Å². The standard InChI is InChI=1S/C24H33N3O5.C19H25N3O3/c1-5-31-21(29)24(11-15-26(16-12-24)22(30)32-23(2,3)4)10-6-14-27-19-17-25-13-9-18(19)7-8-20(27)28;1-2-25-18(24)19(8-11-20-12-9-19)7-3-13-22-16-14-21-10-6-15(16)4-5-17(22)23/h7-9,13,17H,5-6,10-12,14-16H2,1-4H3;4-6,10,14,20H,2-3,7-9,11-13H2,1H3. The van der Waals surface area contributed by atoms with E-state index in [1.54, 1.807) is 63.9 Å². The average Bonchev–Trinajstić information content (AvgIpc) is 3.20. The zero-order valence-electron chi connectivity index (χ0n) is 34.1. The van der Waals surface area contributed by atoms with E-state index >= 15 is 0 Å². The van der Waals surface area contributed by atoms with Gasteiger partial charge in [-0.3, -0.25) is 29.1 Å². The van der Waals surface area contributed by atoms with Gasteiger partial charge in [0.15, 0.2) is 0 Å². The maximum Gasteiger partial charge on any atom is 0.410 e. The molecule has 1 N–H and O–H groups in total. The van der Waals surface area contributed by atoms with Crippen molar-refractivity contribution in [1.29, 1.82) is 0 Å². The number of aryl methyl sites for hydroxylation is 2. The fraction of sp³-hybridized carbons (Fsp3) is 0.558. The Morgan fingerprint density at radius 2 is 1.16 bits per heavy atom. The lowest BCUT2D eigenvalue weighted by molar-refractivity contribution is -0.159. The second-order valence-electron chi connectivity index (χ2n) is 15.9. The predicted octanol–water partition coefficient (Wildman–Crippen LogP) is 5.87. The third-order valence-corrected chi connectivity index (χ3v) is 11.0. The number of carbonyl (C=O) groups is 3. The molecule has 0 aliphatic carbocycles. The van der Waals surface area contributed by atoms with Gasteiger partial charge in [-0.1, -0.05) is 0 Å². The third-order valence-electron chi connectivity index (χ3n) is 11.0. The Bertz CT molecular complexity index is 2110. The fourth-order valence-electron chi connectivity index (χ4n) is 7.91. The van der Waals surface area contributed by atoms with Crippen LogP contribution in [0.3, 0.4) is 0 Å². The topological polar surface area (TPSA) is 164 Å². The zero-order chi connectivity index (χ0) is 41.1. The highest BCUT2D eigenvalue weighted by Gasteiger charge is 2.44. The number of amides is 1. The highest BCUT2D eigenvalue weighted by atomic mass is 16.6. The summed E-state index contributed by atoms with van der Waals surface area (Å²) < 4.78 is 19.7. The summed E-state index contributed by atoms with van der Waals surface area (Å²) in [6.07, 6.45) is 11.8. The minimum atomic E-state index is -0.666. The molecule has 4 aromatic rings. The summed E-state index contributed by atoms with van der Waals surface area (Å²) in [4.78, 5) is 72.5. The summed E-state index contributed by atoms with van der Waals surface area (Å²) in [5.74, 6) is -0.320. The van der Waals surface area contributed by atoms with Gasteiger partial charge in [0, 0.05) is 61.5 Å². The number of hydrogen-bond acceptors (Lipinski definition) is 11. The normalized spacial score (nSPS) is 16.3. The maximum atomic E-state index is 12.9. The maximum absolute atomic E-state index is 12.9. The van der Waals surface area contributed by atoms with Crippen molar-refractivity contribution in [1.82, 2.24) is 29.3 Å². The minimum Gasteiger partial charge on any atom is -0.466 e. The third kappa shape index (κ3) is 10.8. The Hall–Kier alpha value is -5.11. The zero-order valence-corrected chi connectivity index (χ0v) is 34.1. The van der Waals surface area contributed by atoms with Crippen molar-refractivity contribution >= 4 is 39.8 Å². The molecule has 0 atom stereocenters. The molecule has 14 nitrogen and oxygen atoms in total. The summed E-state index contributed by atoms with van der Waals surface area (Å²) in [7, 11) is 0. The lowest BCUT2D eigenvalue weighted by Crippen LogP contribution is -2.48. The number of hydrogen-bond donors (Lipinski definition) is 1. The SMILES string of the molecule is CCOC(=O)C1(CCCn2c(=O)ccc3ccncc32)CCN(C(=O)OC(C)(C)C)CC1.CCOC(=O)C1(CCCn2c(=O)ccc3ccncc32)CCNCC1. The molecule has 0 radical (unpaired) electrons. The van der Waals surface area contributed by atoms with Crippen LogP contribution in [0.15, 0.2) is 70.8 Å². The minimum absolute atomic E-state index is 0.0315. The number of piperidine rings is 2. The van der Waals surface area contributed by atoms with Crippen LogP contribution in [0.2, 0.25) is 0 Å². The van der Waals surface area contributed by atoms with E-state index in [9.17, 15) is 24.0 Å². The van der Waals surface area contributed by atoms with Crippen molar-refractivity contribution in [3.63, 3.8) is 0 Å². The quantitative estimate of drug-likeness (QED) is 0.135. The first-order chi connectivity index (χ1) is 27.3. The molecule has 2 aliphatic heterocycles. The molecule has 1 amide bonds. The second-order valence-corrected chi connectivity index (χ2v) is 15.9. The molecule has 0 aromatic carbocycles. The van der Waals surface area contributed by atoms with Crippen LogP contribution in [0.4, 0.5) is 4.79 Å². The van der Waals surface area contributed by atoms with Crippen LogP contribution in [-0.4, -0.2) is 87.0 Å². The van der Waals surface area contributed by atoms with Crippen LogP contribution in [0.5, 0.6) is 0 Å². The molecule has 4 aromatic heterocycles. The van der Waals surface area contributed by atoms with Gasteiger partial charge in [0.05, 0.1) is 47.5 Å². The summed E-state index contributed by atoms with van der Waals surface area (Å²) in [5.41, 5.74) is -0.149. The molecule has 0 spiro atoms. The van der Waals surface area contributed by atoms with Gasteiger partial charge >= 0.3 is 18.0 Å². The Morgan fingerprint density at radius 3 is 1.60 bits per heavy atom. The van der Waals surface area contributed by atoms with Gasteiger partial charge < -0.3 is 33.6 Å².